The summed E-state index contributed by atoms with van der Waals surface area (Å²) in [6.07, 6.45) is 2.94. The van der Waals surface area contributed by atoms with Crippen molar-refractivity contribution in [2.45, 2.75) is 39.2 Å². The number of para-hydroxylation sites is 1. The Labute approximate surface area is 162 Å². The van der Waals surface area contributed by atoms with E-state index in [-0.39, 0.29) is 12.0 Å². The summed E-state index contributed by atoms with van der Waals surface area (Å²) in [5, 5.41) is 0. The summed E-state index contributed by atoms with van der Waals surface area (Å²) in [7, 11) is 0. The Morgan fingerprint density at radius 1 is 1.26 bits per heavy atom. The third kappa shape index (κ3) is 4.87. The number of carbonyl (C=O) groups is 2. The lowest BCUT2D eigenvalue weighted by Crippen LogP contribution is -2.41. The molecule has 1 unspecified atom stereocenters. The van der Waals surface area contributed by atoms with Crippen molar-refractivity contribution in [3.63, 3.8) is 0 Å². The molecule has 7 heteroatoms. The molecule has 1 saturated heterocycles. The van der Waals surface area contributed by atoms with E-state index in [9.17, 15) is 9.59 Å². The third-order valence-corrected chi connectivity index (χ3v) is 5.82. The van der Waals surface area contributed by atoms with Crippen LogP contribution in [0.2, 0.25) is 0 Å². The molecule has 2 N–H and O–H groups in total. The highest BCUT2D eigenvalue weighted by atomic mass is 32.1. The number of rotatable bonds is 6. The van der Waals surface area contributed by atoms with Gasteiger partial charge in [0.25, 0.3) is 11.8 Å². The summed E-state index contributed by atoms with van der Waals surface area (Å²) >= 11 is 1.44. The number of thiophene rings is 1. The number of nitrogens with one attached hydrogen (secondary N) is 2. The van der Waals surface area contributed by atoms with E-state index in [1.54, 1.807) is 24.3 Å². The van der Waals surface area contributed by atoms with Gasteiger partial charge in [-0.25, -0.2) is 0 Å². The van der Waals surface area contributed by atoms with Gasteiger partial charge in [-0.3, -0.25) is 20.4 Å². The zero-order valence-electron chi connectivity index (χ0n) is 15.5. The van der Waals surface area contributed by atoms with Gasteiger partial charge < -0.3 is 9.47 Å². The molecule has 0 bridgehead atoms. The smallest absolute Gasteiger partial charge is 0.279 e. The van der Waals surface area contributed by atoms with Crippen molar-refractivity contribution in [3.05, 3.63) is 51.2 Å². The van der Waals surface area contributed by atoms with E-state index in [1.165, 1.54) is 16.2 Å². The molecule has 0 aliphatic carbocycles. The van der Waals surface area contributed by atoms with Gasteiger partial charge in [0.2, 0.25) is 0 Å². The van der Waals surface area contributed by atoms with Crippen LogP contribution in [0.15, 0.2) is 30.3 Å². The SMILES string of the molecule is CCc1sc(C(=O)NNC(=O)c2ccccc2OCC2CCCO2)cc1C. The fraction of sp³-hybridized carbons (Fsp3) is 0.400. The second-order valence-corrected chi connectivity index (χ2v) is 7.56. The Hall–Kier alpha value is -2.38. The van der Waals surface area contributed by atoms with E-state index >= 15 is 0 Å². The second kappa shape index (κ2) is 9.01. The average Bonchev–Trinajstić information content (AvgIpc) is 3.33. The van der Waals surface area contributed by atoms with Crippen molar-refractivity contribution in [1.29, 1.82) is 0 Å². The molecular weight excluding hydrogens is 364 g/mol. The van der Waals surface area contributed by atoms with E-state index in [1.807, 2.05) is 13.0 Å². The zero-order valence-corrected chi connectivity index (χ0v) is 16.4. The minimum Gasteiger partial charge on any atom is -0.490 e. The molecule has 0 radical (unpaired) electrons. The van der Waals surface area contributed by atoms with Gasteiger partial charge in [0.1, 0.15) is 12.4 Å². The molecule has 144 valence electrons. The summed E-state index contributed by atoms with van der Waals surface area (Å²) in [6, 6.07) is 8.80. The number of benzene rings is 1. The van der Waals surface area contributed by atoms with E-state index < -0.39 is 5.91 Å². The first-order valence-electron chi connectivity index (χ1n) is 9.12. The van der Waals surface area contributed by atoms with Crippen LogP contribution < -0.4 is 15.6 Å². The molecule has 2 aromatic rings. The quantitative estimate of drug-likeness (QED) is 0.745. The maximum atomic E-state index is 12.5. The van der Waals surface area contributed by atoms with E-state index in [2.05, 4.69) is 17.8 Å². The molecule has 0 saturated carbocycles. The molecule has 1 aliphatic heterocycles. The molecule has 1 aromatic heterocycles. The van der Waals surface area contributed by atoms with Gasteiger partial charge in [0.15, 0.2) is 0 Å². The fourth-order valence-corrected chi connectivity index (χ4v) is 3.97. The lowest BCUT2D eigenvalue weighted by atomic mass is 10.2. The predicted octanol–water partition coefficient (Wildman–Crippen LogP) is 3.25. The Kier molecular flexibility index (Phi) is 6.47. The highest BCUT2D eigenvalue weighted by molar-refractivity contribution is 7.14. The number of ether oxygens (including phenoxy) is 2. The van der Waals surface area contributed by atoms with Gasteiger partial charge >= 0.3 is 0 Å². The largest absolute Gasteiger partial charge is 0.490 e. The molecule has 3 rings (SSSR count). The van der Waals surface area contributed by atoms with E-state index in [0.717, 1.165) is 31.4 Å². The summed E-state index contributed by atoms with van der Waals surface area (Å²) in [5.74, 6) is -0.274. The van der Waals surface area contributed by atoms with E-state index in [0.29, 0.717) is 22.8 Å². The Morgan fingerprint density at radius 2 is 2.04 bits per heavy atom. The predicted molar refractivity (Wildman–Crippen MR) is 104 cm³/mol. The van der Waals surface area contributed by atoms with Crippen molar-refractivity contribution in [3.8, 4) is 5.75 Å². The van der Waals surface area contributed by atoms with Crippen LogP contribution in [0.25, 0.3) is 0 Å². The number of aryl methyl sites for hydroxylation is 2. The van der Waals surface area contributed by atoms with Crippen LogP contribution in [0.4, 0.5) is 0 Å². The maximum absolute atomic E-state index is 12.5. The molecule has 1 atom stereocenters. The summed E-state index contributed by atoms with van der Waals surface area (Å²) in [4.78, 5) is 26.5. The van der Waals surface area contributed by atoms with Crippen LogP contribution in [0.3, 0.4) is 0 Å². The third-order valence-electron chi connectivity index (χ3n) is 4.44. The zero-order chi connectivity index (χ0) is 19.2. The van der Waals surface area contributed by atoms with Crippen LogP contribution in [0.1, 0.15) is 50.2 Å². The van der Waals surface area contributed by atoms with Crippen molar-refractivity contribution < 1.29 is 19.1 Å². The lowest BCUT2D eigenvalue weighted by Gasteiger charge is -2.14. The molecule has 0 spiro atoms. The minimum absolute atomic E-state index is 0.0654. The van der Waals surface area contributed by atoms with Gasteiger partial charge in [-0.15, -0.1) is 11.3 Å². The Morgan fingerprint density at radius 3 is 2.74 bits per heavy atom. The van der Waals surface area contributed by atoms with Gasteiger partial charge in [0, 0.05) is 11.5 Å². The molecule has 27 heavy (non-hydrogen) atoms. The van der Waals surface area contributed by atoms with Crippen molar-refractivity contribution in [1.82, 2.24) is 10.9 Å². The highest BCUT2D eigenvalue weighted by Gasteiger charge is 2.19. The topological polar surface area (TPSA) is 76.7 Å². The monoisotopic (exact) mass is 388 g/mol. The lowest BCUT2D eigenvalue weighted by molar-refractivity contribution is 0.0669. The molecular formula is C20H24N2O4S. The minimum atomic E-state index is -0.421. The van der Waals surface area contributed by atoms with Crippen molar-refractivity contribution in [2.24, 2.45) is 0 Å². The molecule has 6 nitrogen and oxygen atoms in total. The van der Waals surface area contributed by atoms with Gasteiger partial charge in [-0.1, -0.05) is 19.1 Å². The van der Waals surface area contributed by atoms with Crippen LogP contribution in [-0.4, -0.2) is 31.1 Å². The molecule has 2 heterocycles. The number of amides is 2. The van der Waals surface area contributed by atoms with Crippen molar-refractivity contribution in [2.75, 3.05) is 13.2 Å². The summed E-state index contributed by atoms with van der Waals surface area (Å²) < 4.78 is 11.3. The highest BCUT2D eigenvalue weighted by Crippen LogP contribution is 2.22. The number of carbonyl (C=O) groups excluding carboxylic acids is 2. The molecule has 1 aliphatic rings. The van der Waals surface area contributed by atoms with Crippen LogP contribution in [0.5, 0.6) is 5.75 Å². The molecule has 1 fully saturated rings. The van der Waals surface area contributed by atoms with Crippen LogP contribution in [-0.2, 0) is 11.2 Å². The van der Waals surface area contributed by atoms with Gasteiger partial charge in [-0.05, 0) is 49.9 Å². The molecule has 1 aromatic carbocycles. The first kappa shape index (κ1) is 19.4. The number of hydrogen-bond donors (Lipinski definition) is 2. The first-order valence-corrected chi connectivity index (χ1v) is 9.93. The molecule has 2 amide bonds. The second-order valence-electron chi connectivity index (χ2n) is 6.42. The van der Waals surface area contributed by atoms with E-state index in [4.69, 9.17) is 9.47 Å². The Balaban J connectivity index is 1.59. The van der Waals surface area contributed by atoms with Gasteiger partial charge in [-0.2, -0.15) is 0 Å². The fourth-order valence-electron chi connectivity index (χ4n) is 2.96. The van der Waals surface area contributed by atoms with Crippen molar-refractivity contribution >= 4 is 23.2 Å². The first-order chi connectivity index (χ1) is 13.1. The maximum Gasteiger partial charge on any atom is 0.279 e. The van der Waals surface area contributed by atoms with Crippen LogP contribution in [0, 0.1) is 6.92 Å². The van der Waals surface area contributed by atoms with Crippen LogP contribution >= 0.6 is 11.3 Å². The normalized spacial score (nSPS) is 16.1. The number of hydrazine groups is 1. The standard InChI is InChI=1S/C20H24N2O4S/c1-3-17-13(2)11-18(27-17)20(24)22-21-19(23)15-8-4-5-9-16(15)26-12-14-7-6-10-25-14/h4-5,8-9,11,14H,3,6-7,10,12H2,1-2H3,(H,21,23)(H,22,24). The average molecular weight is 388 g/mol. The number of hydrogen-bond acceptors (Lipinski definition) is 5. The van der Waals surface area contributed by atoms with Gasteiger partial charge in [0.05, 0.1) is 16.5 Å². The summed E-state index contributed by atoms with van der Waals surface area (Å²) in [6.45, 7) is 5.19. The summed E-state index contributed by atoms with van der Waals surface area (Å²) in [5.41, 5.74) is 6.40. The Bertz CT molecular complexity index is 812.